The van der Waals surface area contributed by atoms with E-state index in [2.05, 4.69) is 44.5 Å². The van der Waals surface area contributed by atoms with E-state index in [9.17, 15) is 0 Å². The number of benzene rings is 1. The van der Waals surface area contributed by atoms with Crippen molar-refractivity contribution in [1.29, 1.82) is 0 Å². The van der Waals surface area contributed by atoms with Gasteiger partial charge in [0.2, 0.25) is 0 Å². The van der Waals surface area contributed by atoms with Crippen LogP contribution in [0.3, 0.4) is 0 Å². The second-order valence-electron chi connectivity index (χ2n) is 9.07. The van der Waals surface area contributed by atoms with Gasteiger partial charge in [0.15, 0.2) is 5.96 Å². The van der Waals surface area contributed by atoms with E-state index in [0.29, 0.717) is 0 Å². The molecule has 7 heteroatoms. The first kappa shape index (κ1) is 24.8. The third-order valence-electron chi connectivity index (χ3n) is 6.61. The normalized spacial score (nSPS) is 21.8. The fraction of sp³-hybridized carbons (Fsp3) is 0.720. The Morgan fingerprint density at radius 1 is 1.16 bits per heavy atom. The van der Waals surface area contributed by atoms with Crippen molar-refractivity contribution < 1.29 is 9.47 Å². The summed E-state index contributed by atoms with van der Waals surface area (Å²) in [5.41, 5.74) is 1.28. The van der Waals surface area contributed by atoms with Gasteiger partial charge in [-0.25, -0.2) is 0 Å². The summed E-state index contributed by atoms with van der Waals surface area (Å²) in [4.78, 5) is 9.56. The number of methoxy groups -OCH3 is 1. The minimum Gasteiger partial charge on any atom is -0.497 e. The van der Waals surface area contributed by atoms with Crippen molar-refractivity contribution >= 4 is 5.96 Å². The number of nitrogens with zero attached hydrogens (tertiary/aromatic N) is 3. The monoisotopic (exact) mass is 445 g/mol. The molecule has 0 bridgehead atoms. The second kappa shape index (κ2) is 13.7. The Balaban J connectivity index is 1.44. The zero-order chi connectivity index (χ0) is 22.6. The minimum absolute atomic E-state index is 0.268. The number of hydrogen-bond donors (Lipinski definition) is 2. The molecule has 0 saturated carbocycles. The number of ether oxygens (including phenoxy) is 2. The molecule has 2 saturated heterocycles. The molecule has 0 aromatic heterocycles. The molecule has 3 rings (SSSR count). The van der Waals surface area contributed by atoms with E-state index in [-0.39, 0.29) is 6.04 Å². The Morgan fingerprint density at radius 2 is 1.94 bits per heavy atom. The first-order chi connectivity index (χ1) is 15.7. The third-order valence-corrected chi connectivity index (χ3v) is 6.61. The van der Waals surface area contributed by atoms with Crippen LogP contribution in [0.15, 0.2) is 29.3 Å². The lowest BCUT2D eigenvalue weighted by molar-refractivity contribution is 0.0170. The average Bonchev–Trinajstić information content (AvgIpc) is 2.84. The van der Waals surface area contributed by atoms with Gasteiger partial charge in [-0.05, 0) is 62.4 Å². The fourth-order valence-electron chi connectivity index (χ4n) is 4.74. The molecule has 2 N–H and O–H groups in total. The number of nitrogens with one attached hydrogen (secondary N) is 2. The summed E-state index contributed by atoms with van der Waals surface area (Å²) < 4.78 is 10.9. The summed E-state index contributed by atoms with van der Waals surface area (Å²) in [6.07, 6.45) is 5.15. The van der Waals surface area contributed by atoms with Crippen LogP contribution in [0, 0.1) is 5.92 Å². The van der Waals surface area contributed by atoms with Crippen molar-refractivity contribution in [1.82, 2.24) is 20.4 Å². The Labute approximate surface area is 194 Å². The molecular formula is C25H43N5O2. The lowest BCUT2D eigenvalue weighted by Gasteiger charge is -2.35. The molecule has 2 aliphatic rings. The molecule has 0 radical (unpaired) electrons. The van der Waals surface area contributed by atoms with Gasteiger partial charge in [-0.2, -0.15) is 0 Å². The van der Waals surface area contributed by atoms with Crippen LogP contribution in [0.5, 0.6) is 5.75 Å². The SMILES string of the molecule is CN=C(NCCCCN1CCCC(C)C1)NCC(c1ccc(OC)cc1)N1CCOCC1. The molecule has 2 fully saturated rings. The zero-order valence-electron chi connectivity index (χ0n) is 20.3. The Morgan fingerprint density at radius 3 is 2.62 bits per heavy atom. The Kier molecular flexibility index (Phi) is 10.6. The molecular weight excluding hydrogens is 402 g/mol. The van der Waals surface area contributed by atoms with Crippen LogP contribution in [0.1, 0.15) is 44.2 Å². The van der Waals surface area contributed by atoms with Gasteiger partial charge in [0, 0.05) is 39.8 Å². The predicted octanol–water partition coefficient (Wildman–Crippen LogP) is 2.75. The topological polar surface area (TPSA) is 61.4 Å². The van der Waals surface area contributed by atoms with Gasteiger partial charge in [0.05, 0.1) is 26.4 Å². The van der Waals surface area contributed by atoms with Crippen molar-refractivity contribution in [3.63, 3.8) is 0 Å². The van der Waals surface area contributed by atoms with E-state index < -0.39 is 0 Å². The van der Waals surface area contributed by atoms with E-state index in [0.717, 1.165) is 63.4 Å². The largest absolute Gasteiger partial charge is 0.497 e. The minimum atomic E-state index is 0.268. The Bertz CT molecular complexity index is 675. The molecule has 0 spiro atoms. The molecule has 2 heterocycles. The van der Waals surface area contributed by atoms with Gasteiger partial charge in [-0.1, -0.05) is 19.1 Å². The molecule has 180 valence electrons. The lowest BCUT2D eigenvalue weighted by Crippen LogP contribution is -2.46. The number of morpholine rings is 1. The molecule has 2 atom stereocenters. The highest BCUT2D eigenvalue weighted by atomic mass is 16.5. The number of unbranched alkanes of at least 4 members (excludes halogenated alkanes) is 1. The number of rotatable bonds is 10. The van der Waals surface area contributed by atoms with Crippen molar-refractivity contribution in [3.05, 3.63) is 29.8 Å². The molecule has 0 aliphatic carbocycles. The van der Waals surface area contributed by atoms with E-state index in [1.54, 1.807) is 7.11 Å². The lowest BCUT2D eigenvalue weighted by atomic mass is 10.0. The number of aliphatic imine (C=N–C) groups is 1. The molecule has 2 unspecified atom stereocenters. The van der Waals surface area contributed by atoms with Gasteiger partial charge < -0.3 is 25.0 Å². The van der Waals surface area contributed by atoms with Crippen LogP contribution in [0.2, 0.25) is 0 Å². The third kappa shape index (κ3) is 7.94. The van der Waals surface area contributed by atoms with Crippen molar-refractivity contribution in [3.8, 4) is 5.75 Å². The van der Waals surface area contributed by atoms with Crippen LogP contribution < -0.4 is 15.4 Å². The first-order valence-corrected chi connectivity index (χ1v) is 12.3. The molecule has 1 aromatic rings. The van der Waals surface area contributed by atoms with Gasteiger partial charge in [0.1, 0.15) is 5.75 Å². The summed E-state index contributed by atoms with van der Waals surface area (Å²) in [5.74, 6) is 2.62. The maximum Gasteiger partial charge on any atom is 0.191 e. The summed E-state index contributed by atoms with van der Waals surface area (Å²) in [6.45, 7) is 11.4. The Hall–Kier alpha value is -1.83. The van der Waals surface area contributed by atoms with Crippen molar-refractivity contribution in [2.24, 2.45) is 10.9 Å². The zero-order valence-corrected chi connectivity index (χ0v) is 20.3. The van der Waals surface area contributed by atoms with Gasteiger partial charge in [-0.15, -0.1) is 0 Å². The van der Waals surface area contributed by atoms with E-state index in [1.807, 2.05) is 19.2 Å². The molecule has 1 aromatic carbocycles. The molecule has 32 heavy (non-hydrogen) atoms. The van der Waals surface area contributed by atoms with E-state index >= 15 is 0 Å². The number of piperidine rings is 1. The highest BCUT2D eigenvalue weighted by Gasteiger charge is 2.23. The summed E-state index contributed by atoms with van der Waals surface area (Å²) >= 11 is 0. The van der Waals surface area contributed by atoms with Crippen LogP contribution in [0.25, 0.3) is 0 Å². The quantitative estimate of drug-likeness (QED) is 0.328. The van der Waals surface area contributed by atoms with Crippen LogP contribution in [0.4, 0.5) is 0 Å². The van der Waals surface area contributed by atoms with Crippen LogP contribution in [-0.4, -0.2) is 88.9 Å². The fourth-order valence-corrected chi connectivity index (χ4v) is 4.74. The maximum absolute atomic E-state index is 5.57. The van der Waals surface area contributed by atoms with Crippen molar-refractivity contribution in [2.45, 2.75) is 38.6 Å². The second-order valence-corrected chi connectivity index (χ2v) is 9.07. The predicted molar refractivity (Wildman–Crippen MR) is 132 cm³/mol. The summed E-state index contributed by atoms with van der Waals surface area (Å²) in [7, 11) is 3.56. The van der Waals surface area contributed by atoms with Gasteiger partial charge >= 0.3 is 0 Å². The summed E-state index contributed by atoms with van der Waals surface area (Å²) in [6, 6.07) is 8.68. The molecule has 0 amide bonds. The van der Waals surface area contributed by atoms with Gasteiger partial charge in [-0.3, -0.25) is 9.89 Å². The van der Waals surface area contributed by atoms with Crippen molar-refractivity contribution in [2.75, 3.05) is 73.2 Å². The number of hydrogen-bond acceptors (Lipinski definition) is 5. The standard InChI is InChI=1S/C25H43N5O2/c1-21-7-6-14-29(20-21)13-5-4-12-27-25(26-2)28-19-24(30-15-17-32-18-16-30)22-8-10-23(31-3)11-9-22/h8-11,21,24H,4-7,12-20H2,1-3H3,(H2,26,27,28). The first-order valence-electron chi connectivity index (χ1n) is 12.3. The van der Waals surface area contributed by atoms with Crippen LogP contribution >= 0.6 is 0 Å². The number of guanidine groups is 1. The maximum atomic E-state index is 5.57. The molecule has 7 nitrogen and oxygen atoms in total. The highest BCUT2D eigenvalue weighted by molar-refractivity contribution is 5.79. The number of likely N-dealkylation sites (tertiary alicyclic amines) is 1. The summed E-state index contributed by atoms with van der Waals surface area (Å²) in [5, 5.41) is 7.06. The van der Waals surface area contributed by atoms with E-state index in [4.69, 9.17) is 9.47 Å². The molecule has 2 aliphatic heterocycles. The van der Waals surface area contributed by atoms with E-state index in [1.165, 1.54) is 44.5 Å². The smallest absolute Gasteiger partial charge is 0.191 e. The average molecular weight is 446 g/mol. The van der Waals surface area contributed by atoms with Crippen LogP contribution in [-0.2, 0) is 4.74 Å². The highest BCUT2D eigenvalue weighted by Crippen LogP contribution is 2.23. The van der Waals surface area contributed by atoms with Gasteiger partial charge in [0.25, 0.3) is 0 Å².